The van der Waals surface area contributed by atoms with Gasteiger partial charge in [0, 0.05) is 17.0 Å². The lowest BCUT2D eigenvalue weighted by Crippen LogP contribution is -2.30. The molecule has 1 aliphatic rings. The van der Waals surface area contributed by atoms with E-state index in [-0.39, 0.29) is 18.6 Å². The lowest BCUT2D eigenvalue weighted by atomic mass is 9.68. The van der Waals surface area contributed by atoms with Crippen molar-refractivity contribution in [3.63, 3.8) is 0 Å². The largest absolute Gasteiger partial charge is 0.481 e. The van der Waals surface area contributed by atoms with Crippen LogP contribution in [0.2, 0.25) is 10.0 Å². The van der Waals surface area contributed by atoms with Gasteiger partial charge < -0.3 is 5.11 Å². The standard InChI is InChI=1S/C16H18Cl2O3/c17-11-4-5-12(13(18)8-11)14(19)9-16(10-15(20)21)6-2-1-3-7-16/h4-5,8H,1-3,6-7,9-10H2,(H,20,21). The fourth-order valence-electron chi connectivity index (χ4n) is 3.19. The van der Waals surface area contributed by atoms with Gasteiger partial charge in [0.25, 0.3) is 0 Å². The summed E-state index contributed by atoms with van der Waals surface area (Å²) < 4.78 is 0. The highest BCUT2D eigenvalue weighted by atomic mass is 35.5. The number of ketones is 1. The zero-order valence-electron chi connectivity index (χ0n) is 11.7. The van der Waals surface area contributed by atoms with Crippen molar-refractivity contribution in [1.82, 2.24) is 0 Å². The van der Waals surface area contributed by atoms with Gasteiger partial charge in [-0.1, -0.05) is 42.5 Å². The van der Waals surface area contributed by atoms with E-state index in [9.17, 15) is 9.59 Å². The van der Waals surface area contributed by atoms with Crippen LogP contribution in [-0.2, 0) is 4.79 Å². The molecule has 0 aromatic heterocycles. The minimum atomic E-state index is -0.841. The van der Waals surface area contributed by atoms with Gasteiger partial charge >= 0.3 is 5.97 Å². The Hall–Kier alpha value is -1.06. The zero-order valence-corrected chi connectivity index (χ0v) is 13.2. The molecule has 114 valence electrons. The summed E-state index contributed by atoms with van der Waals surface area (Å²) in [5.74, 6) is -0.938. The molecule has 1 aromatic carbocycles. The zero-order chi connectivity index (χ0) is 15.5. The van der Waals surface area contributed by atoms with Crippen molar-refractivity contribution in [2.24, 2.45) is 5.41 Å². The lowest BCUT2D eigenvalue weighted by Gasteiger charge is -2.35. The average molecular weight is 329 g/mol. The molecule has 1 aromatic rings. The third-order valence-corrected chi connectivity index (χ3v) is 4.76. The van der Waals surface area contributed by atoms with E-state index in [2.05, 4.69) is 0 Å². The van der Waals surface area contributed by atoms with Gasteiger partial charge in [-0.2, -0.15) is 0 Å². The SMILES string of the molecule is O=C(O)CC1(CC(=O)c2ccc(Cl)cc2Cl)CCCCC1. The third-order valence-electron chi connectivity index (χ3n) is 4.21. The first-order valence-electron chi connectivity index (χ1n) is 7.12. The highest BCUT2D eigenvalue weighted by molar-refractivity contribution is 6.36. The fraction of sp³-hybridized carbons (Fsp3) is 0.500. The maximum Gasteiger partial charge on any atom is 0.303 e. The van der Waals surface area contributed by atoms with Gasteiger partial charge in [-0.25, -0.2) is 0 Å². The number of aliphatic carboxylic acids is 1. The molecule has 3 nitrogen and oxygen atoms in total. The minimum absolute atomic E-state index is 0.0456. The Morgan fingerprint density at radius 2 is 1.76 bits per heavy atom. The second-order valence-corrected chi connectivity index (χ2v) is 6.70. The molecule has 0 spiro atoms. The molecular weight excluding hydrogens is 311 g/mol. The molecule has 0 unspecified atom stereocenters. The molecule has 1 saturated carbocycles. The smallest absolute Gasteiger partial charge is 0.303 e. The summed E-state index contributed by atoms with van der Waals surface area (Å²) in [7, 11) is 0. The second kappa shape index (κ2) is 6.80. The highest BCUT2D eigenvalue weighted by Crippen LogP contribution is 2.43. The van der Waals surface area contributed by atoms with Gasteiger partial charge in [0.2, 0.25) is 0 Å². The number of carboxylic acids is 1. The van der Waals surface area contributed by atoms with Crippen molar-refractivity contribution in [2.45, 2.75) is 44.9 Å². The van der Waals surface area contributed by atoms with Crippen LogP contribution in [0.1, 0.15) is 55.3 Å². The maximum absolute atomic E-state index is 12.5. The molecule has 0 amide bonds. The number of carbonyl (C=O) groups excluding carboxylic acids is 1. The molecule has 0 radical (unpaired) electrons. The summed E-state index contributed by atoms with van der Waals surface area (Å²) in [6, 6.07) is 4.79. The Bertz CT molecular complexity index is 548. The molecule has 5 heteroatoms. The van der Waals surface area contributed by atoms with Gasteiger partial charge in [0.05, 0.1) is 11.4 Å². The van der Waals surface area contributed by atoms with E-state index < -0.39 is 11.4 Å². The highest BCUT2D eigenvalue weighted by Gasteiger charge is 2.36. The summed E-state index contributed by atoms with van der Waals surface area (Å²) >= 11 is 11.9. The van der Waals surface area contributed by atoms with E-state index >= 15 is 0 Å². The van der Waals surface area contributed by atoms with Crippen LogP contribution in [0.15, 0.2) is 18.2 Å². The van der Waals surface area contributed by atoms with Crippen LogP contribution in [0.4, 0.5) is 0 Å². The second-order valence-electron chi connectivity index (χ2n) is 5.86. The number of halogens is 2. The Morgan fingerprint density at radius 1 is 1.10 bits per heavy atom. The lowest BCUT2D eigenvalue weighted by molar-refractivity contribution is -0.140. The molecule has 1 fully saturated rings. The van der Waals surface area contributed by atoms with Gasteiger partial charge in [-0.15, -0.1) is 0 Å². The van der Waals surface area contributed by atoms with Crippen molar-refractivity contribution in [3.05, 3.63) is 33.8 Å². The molecule has 1 aliphatic carbocycles. The predicted octanol–water partition coefficient (Wildman–Crippen LogP) is 4.99. The number of benzene rings is 1. The topological polar surface area (TPSA) is 54.4 Å². The summed E-state index contributed by atoms with van der Waals surface area (Å²) in [6.07, 6.45) is 4.93. The van der Waals surface area contributed by atoms with E-state index in [1.165, 1.54) is 0 Å². The first-order chi connectivity index (χ1) is 9.92. The molecule has 0 bridgehead atoms. The van der Waals surface area contributed by atoms with Gasteiger partial charge in [0.1, 0.15) is 0 Å². The quantitative estimate of drug-likeness (QED) is 0.774. The number of Topliss-reactive ketones (excluding diaryl/α,β-unsaturated/α-hetero) is 1. The summed E-state index contributed by atoms with van der Waals surface area (Å²) in [5.41, 5.74) is 0.000769. The van der Waals surface area contributed by atoms with Gasteiger partial charge in [-0.3, -0.25) is 9.59 Å². The Kier molecular flexibility index (Phi) is 5.28. The monoisotopic (exact) mass is 328 g/mol. The third kappa shape index (κ3) is 4.21. The number of hydrogen-bond donors (Lipinski definition) is 1. The molecule has 0 saturated heterocycles. The number of carboxylic acid groups (broad SMARTS) is 1. The van der Waals surface area contributed by atoms with Crippen LogP contribution in [0, 0.1) is 5.41 Å². The summed E-state index contributed by atoms with van der Waals surface area (Å²) in [6.45, 7) is 0. The van der Waals surface area contributed by atoms with Crippen LogP contribution >= 0.6 is 23.2 Å². The normalized spacial score (nSPS) is 17.4. The van der Waals surface area contributed by atoms with Crippen LogP contribution in [0.25, 0.3) is 0 Å². The number of hydrogen-bond acceptors (Lipinski definition) is 2. The van der Waals surface area contributed by atoms with Crippen LogP contribution in [-0.4, -0.2) is 16.9 Å². The maximum atomic E-state index is 12.5. The molecule has 0 heterocycles. The van der Waals surface area contributed by atoms with Crippen molar-refractivity contribution >= 4 is 35.0 Å². The van der Waals surface area contributed by atoms with E-state index in [1.807, 2.05) is 0 Å². The summed E-state index contributed by atoms with van der Waals surface area (Å²) in [4.78, 5) is 23.7. The van der Waals surface area contributed by atoms with Gasteiger partial charge in [0.15, 0.2) is 5.78 Å². The van der Waals surface area contributed by atoms with Crippen molar-refractivity contribution in [1.29, 1.82) is 0 Å². The van der Waals surface area contributed by atoms with E-state index in [0.717, 1.165) is 32.1 Å². The molecular formula is C16H18Cl2O3. The first kappa shape index (κ1) is 16.3. The molecule has 0 aliphatic heterocycles. The molecule has 21 heavy (non-hydrogen) atoms. The average Bonchev–Trinajstić information content (AvgIpc) is 2.38. The Morgan fingerprint density at radius 3 is 2.33 bits per heavy atom. The number of rotatable bonds is 5. The van der Waals surface area contributed by atoms with E-state index in [4.69, 9.17) is 28.3 Å². The number of carbonyl (C=O) groups is 2. The van der Waals surface area contributed by atoms with Crippen molar-refractivity contribution in [2.75, 3.05) is 0 Å². The van der Waals surface area contributed by atoms with Crippen LogP contribution in [0.5, 0.6) is 0 Å². The van der Waals surface area contributed by atoms with Crippen molar-refractivity contribution in [3.8, 4) is 0 Å². The predicted molar refractivity (Wildman–Crippen MR) is 83.2 cm³/mol. The molecule has 1 N–H and O–H groups in total. The Labute approximate surface area is 134 Å². The van der Waals surface area contributed by atoms with Crippen LogP contribution in [0.3, 0.4) is 0 Å². The molecule has 2 rings (SSSR count). The fourth-order valence-corrected chi connectivity index (χ4v) is 3.70. The Balaban J connectivity index is 2.19. The first-order valence-corrected chi connectivity index (χ1v) is 7.88. The summed E-state index contributed by atoms with van der Waals surface area (Å²) in [5, 5.41) is 9.96. The van der Waals surface area contributed by atoms with Gasteiger partial charge in [-0.05, 0) is 36.5 Å². The minimum Gasteiger partial charge on any atom is -0.481 e. The molecule has 0 atom stereocenters. The van der Waals surface area contributed by atoms with E-state index in [1.54, 1.807) is 18.2 Å². The van der Waals surface area contributed by atoms with Crippen LogP contribution < -0.4 is 0 Å². The van der Waals surface area contributed by atoms with Crippen molar-refractivity contribution < 1.29 is 14.7 Å². The van der Waals surface area contributed by atoms with E-state index in [0.29, 0.717) is 15.6 Å².